The average molecular weight is 436 g/mol. The lowest BCUT2D eigenvalue weighted by Gasteiger charge is -2.15. The molecule has 1 N–H and O–H groups in total. The summed E-state index contributed by atoms with van der Waals surface area (Å²) in [5, 5.41) is 9.82. The molecular formula is C24H22ClN3O3. The van der Waals surface area contributed by atoms with Crippen LogP contribution in [0.5, 0.6) is 0 Å². The Bertz CT molecular complexity index is 1290. The van der Waals surface area contributed by atoms with Crippen LogP contribution >= 0.6 is 11.6 Å². The molecule has 7 heteroatoms. The van der Waals surface area contributed by atoms with Crippen LogP contribution in [0, 0.1) is 0 Å². The van der Waals surface area contributed by atoms with Gasteiger partial charge in [0.15, 0.2) is 0 Å². The first-order chi connectivity index (χ1) is 15.0. The molecular weight excluding hydrogens is 414 g/mol. The van der Waals surface area contributed by atoms with E-state index in [1.54, 1.807) is 53.1 Å². The zero-order valence-corrected chi connectivity index (χ0v) is 17.8. The van der Waals surface area contributed by atoms with Crippen molar-refractivity contribution in [3.05, 3.63) is 81.7 Å². The van der Waals surface area contributed by atoms with Crippen LogP contribution in [0.3, 0.4) is 0 Å². The van der Waals surface area contributed by atoms with E-state index in [4.69, 9.17) is 16.6 Å². The van der Waals surface area contributed by atoms with Gasteiger partial charge >= 0.3 is 5.97 Å². The summed E-state index contributed by atoms with van der Waals surface area (Å²) >= 11 is 6.00. The number of nitrogens with zero attached hydrogens (tertiary/aromatic N) is 3. The first-order valence-corrected chi connectivity index (χ1v) is 10.6. The number of hydrogen-bond donors (Lipinski definition) is 1. The highest BCUT2D eigenvalue weighted by Gasteiger charge is 2.15. The number of fused-ring (bicyclic) bond motifs is 1. The molecule has 2 aromatic carbocycles. The molecule has 0 unspecified atom stereocenters. The van der Waals surface area contributed by atoms with Crippen molar-refractivity contribution in [2.45, 2.75) is 32.7 Å². The summed E-state index contributed by atoms with van der Waals surface area (Å²) in [6.07, 6.45) is 4.82. The van der Waals surface area contributed by atoms with Crippen LogP contribution in [0.4, 0.5) is 0 Å². The van der Waals surface area contributed by atoms with Crippen LogP contribution in [-0.2, 0) is 6.54 Å². The highest BCUT2D eigenvalue weighted by Crippen LogP contribution is 2.25. The fraction of sp³-hybridized carbons (Fsp3) is 0.208. The third-order valence-electron chi connectivity index (χ3n) is 5.27. The third-order valence-corrected chi connectivity index (χ3v) is 5.52. The monoisotopic (exact) mass is 435 g/mol. The second kappa shape index (κ2) is 8.78. The van der Waals surface area contributed by atoms with Gasteiger partial charge in [-0.3, -0.25) is 9.20 Å². The van der Waals surface area contributed by atoms with Crippen molar-refractivity contribution < 1.29 is 9.90 Å². The Morgan fingerprint density at radius 2 is 1.71 bits per heavy atom. The number of carbonyl (C=O) groups is 1. The molecule has 0 radical (unpaired) electrons. The maximum atomic E-state index is 12.9. The minimum atomic E-state index is -0.983. The number of carboxylic acids is 1. The highest BCUT2D eigenvalue weighted by atomic mass is 35.5. The maximum absolute atomic E-state index is 12.9. The van der Waals surface area contributed by atoms with Crippen molar-refractivity contribution in [3.8, 4) is 22.5 Å². The molecule has 0 fully saturated rings. The Morgan fingerprint density at radius 1 is 1.03 bits per heavy atom. The summed E-state index contributed by atoms with van der Waals surface area (Å²) in [7, 11) is 0. The van der Waals surface area contributed by atoms with Crippen LogP contribution in [0.2, 0.25) is 5.02 Å². The fourth-order valence-corrected chi connectivity index (χ4v) is 3.74. The van der Waals surface area contributed by atoms with E-state index in [1.165, 1.54) is 0 Å². The molecule has 0 atom stereocenters. The van der Waals surface area contributed by atoms with Gasteiger partial charge in [-0.1, -0.05) is 55.6 Å². The molecule has 0 saturated carbocycles. The largest absolute Gasteiger partial charge is 0.478 e. The summed E-state index contributed by atoms with van der Waals surface area (Å²) in [5.74, 6) is -0.422. The van der Waals surface area contributed by atoms with Gasteiger partial charge in [0.25, 0.3) is 5.56 Å². The Hall–Kier alpha value is -3.38. The van der Waals surface area contributed by atoms with Gasteiger partial charge in [0.05, 0.1) is 17.0 Å². The molecule has 0 saturated heterocycles. The molecule has 0 spiro atoms. The normalized spacial score (nSPS) is 11.2. The van der Waals surface area contributed by atoms with E-state index in [0.717, 1.165) is 36.1 Å². The van der Waals surface area contributed by atoms with E-state index in [9.17, 15) is 14.7 Å². The molecule has 0 amide bonds. The molecule has 0 aliphatic rings. The van der Waals surface area contributed by atoms with E-state index in [-0.39, 0.29) is 11.1 Å². The highest BCUT2D eigenvalue weighted by molar-refractivity contribution is 6.30. The van der Waals surface area contributed by atoms with Crippen LogP contribution < -0.4 is 5.56 Å². The second-order valence-corrected chi connectivity index (χ2v) is 7.85. The number of aromatic carboxylic acids is 1. The molecule has 0 bridgehead atoms. The smallest absolute Gasteiger partial charge is 0.335 e. The molecule has 0 aliphatic heterocycles. The van der Waals surface area contributed by atoms with E-state index >= 15 is 0 Å². The minimum absolute atomic E-state index is 0.188. The number of carboxylic acid groups (broad SMARTS) is 1. The number of imidazole rings is 1. The van der Waals surface area contributed by atoms with Gasteiger partial charge in [-0.15, -0.1) is 0 Å². The Kier molecular flexibility index (Phi) is 5.91. The first-order valence-electron chi connectivity index (χ1n) is 10.2. The van der Waals surface area contributed by atoms with Crippen molar-refractivity contribution >= 4 is 23.3 Å². The van der Waals surface area contributed by atoms with Gasteiger partial charge in [-0.2, -0.15) is 0 Å². The fourth-order valence-electron chi connectivity index (χ4n) is 3.62. The molecule has 0 aliphatic carbocycles. The summed E-state index contributed by atoms with van der Waals surface area (Å²) in [6, 6.07) is 15.5. The van der Waals surface area contributed by atoms with Gasteiger partial charge in [0, 0.05) is 29.4 Å². The Balaban J connectivity index is 1.88. The number of rotatable bonds is 7. The van der Waals surface area contributed by atoms with Crippen LogP contribution in [0.25, 0.3) is 28.3 Å². The van der Waals surface area contributed by atoms with Crippen molar-refractivity contribution in [2.75, 3.05) is 0 Å². The average Bonchev–Trinajstić information content (AvgIpc) is 3.22. The number of halogens is 1. The Labute approximate surface area is 184 Å². The summed E-state index contributed by atoms with van der Waals surface area (Å²) in [6.45, 7) is 2.84. The zero-order valence-electron chi connectivity index (χ0n) is 17.1. The molecule has 2 aromatic heterocycles. The predicted molar refractivity (Wildman–Crippen MR) is 122 cm³/mol. The van der Waals surface area contributed by atoms with Crippen LogP contribution in [0.15, 0.2) is 65.6 Å². The zero-order chi connectivity index (χ0) is 22.0. The number of unbranched alkanes of at least 4 members (excludes halogenated alkanes) is 2. The predicted octanol–water partition coefficient (Wildman–Crippen LogP) is 5.37. The van der Waals surface area contributed by atoms with Crippen molar-refractivity contribution in [3.63, 3.8) is 0 Å². The lowest BCUT2D eigenvalue weighted by Crippen LogP contribution is -2.18. The topological polar surface area (TPSA) is 76.6 Å². The first kappa shape index (κ1) is 20.9. The summed E-state index contributed by atoms with van der Waals surface area (Å²) in [4.78, 5) is 28.9. The van der Waals surface area contributed by atoms with E-state index in [1.807, 2.05) is 16.7 Å². The standard InChI is InChI=1S/C24H22ClN3O3/c1-2-3-4-13-27-21(17-5-7-18(8-6-17)23(30)31)14-22(29)28-15-20(26-24(27)28)16-9-11-19(25)12-10-16/h5-12,14-15H,2-4,13H2,1H3,(H,30,31). The number of hydrogen-bond acceptors (Lipinski definition) is 3. The molecule has 4 aromatic rings. The van der Waals surface area contributed by atoms with Crippen molar-refractivity contribution in [1.82, 2.24) is 14.0 Å². The molecule has 6 nitrogen and oxygen atoms in total. The van der Waals surface area contributed by atoms with Gasteiger partial charge < -0.3 is 9.67 Å². The maximum Gasteiger partial charge on any atom is 0.335 e. The third kappa shape index (κ3) is 4.25. The number of aromatic nitrogens is 3. The molecule has 4 rings (SSSR count). The van der Waals surface area contributed by atoms with Gasteiger partial charge in [0.2, 0.25) is 5.78 Å². The molecule has 2 heterocycles. The van der Waals surface area contributed by atoms with Gasteiger partial charge in [0.1, 0.15) is 0 Å². The molecule has 31 heavy (non-hydrogen) atoms. The Morgan fingerprint density at radius 3 is 2.35 bits per heavy atom. The summed E-state index contributed by atoms with van der Waals surface area (Å²) < 4.78 is 3.59. The second-order valence-electron chi connectivity index (χ2n) is 7.41. The van der Waals surface area contributed by atoms with E-state index in [0.29, 0.717) is 23.0 Å². The van der Waals surface area contributed by atoms with E-state index < -0.39 is 5.97 Å². The SMILES string of the molecule is CCCCCn1c(-c2ccc(C(=O)O)cc2)cc(=O)n2cc(-c3ccc(Cl)cc3)nc12. The minimum Gasteiger partial charge on any atom is -0.478 e. The number of aryl methyl sites for hydroxylation is 1. The van der Waals surface area contributed by atoms with Gasteiger partial charge in [-0.25, -0.2) is 9.78 Å². The van der Waals surface area contributed by atoms with Gasteiger partial charge in [-0.05, 0) is 36.2 Å². The number of benzene rings is 2. The quantitative estimate of drug-likeness (QED) is 0.396. The van der Waals surface area contributed by atoms with Crippen molar-refractivity contribution in [2.24, 2.45) is 0 Å². The van der Waals surface area contributed by atoms with E-state index in [2.05, 4.69) is 6.92 Å². The lowest BCUT2D eigenvalue weighted by molar-refractivity contribution is 0.0697. The summed E-state index contributed by atoms with van der Waals surface area (Å²) in [5.41, 5.74) is 3.08. The lowest BCUT2D eigenvalue weighted by atomic mass is 10.1. The molecule has 158 valence electrons. The van der Waals surface area contributed by atoms with Crippen LogP contribution in [0.1, 0.15) is 36.5 Å². The van der Waals surface area contributed by atoms with Crippen LogP contribution in [-0.4, -0.2) is 25.0 Å². The van der Waals surface area contributed by atoms with Crippen molar-refractivity contribution in [1.29, 1.82) is 0 Å².